The number of piperidine rings is 1. The molecule has 1 aromatic heterocycles. The summed E-state index contributed by atoms with van der Waals surface area (Å²) in [6, 6.07) is 3.74. The summed E-state index contributed by atoms with van der Waals surface area (Å²) in [5.41, 5.74) is 0. The monoisotopic (exact) mass is 308 g/mol. The first-order chi connectivity index (χ1) is 8.56. The van der Waals surface area contributed by atoms with Crippen molar-refractivity contribution < 1.29 is 12.8 Å². The minimum absolute atomic E-state index is 0. The van der Waals surface area contributed by atoms with Crippen molar-refractivity contribution in [1.82, 2.24) is 9.62 Å². The fourth-order valence-electron chi connectivity index (χ4n) is 2.35. The molecule has 1 aromatic rings. The molecule has 2 rings (SSSR count). The van der Waals surface area contributed by atoms with Gasteiger partial charge in [0, 0.05) is 6.54 Å². The molecule has 1 unspecified atom stereocenters. The van der Waals surface area contributed by atoms with Crippen LogP contribution in [0.5, 0.6) is 0 Å². The lowest BCUT2D eigenvalue weighted by molar-refractivity contribution is 0.147. The van der Waals surface area contributed by atoms with Gasteiger partial charge in [-0.2, -0.15) is 0 Å². The molecule has 0 bridgehead atoms. The largest absolute Gasteiger partial charge is 0.468 e. The first-order valence-electron chi connectivity index (χ1n) is 6.28. The van der Waals surface area contributed by atoms with Gasteiger partial charge < -0.3 is 4.42 Å². The zero-order valence-corrected chi connectivity index (χ0v) is 12.7. The summed E-state index contributed by atoms with van der Waals surface area (Å²) in [7, 11) is -3.17. The number of halogens is 1. The molecule has 0 spiro atoms. The Hall–Kier alpha value is -0.560. The van der Waals surface area contributed by atoms with Crippen LogP contribution >= 0.6 is 12.4 Å². The Balaban J connectivity index is 0.00000180. The standard InChI is InChI=1S/C12H20N2O3S.ClH/c1-18(15,16)13-10-11(12-6-5-9-17-12)14-7-3-2-4-8-14;/h5-6,9,11,13H,2-4,7-8,10H2,1H3;1H. The van der Waals surface area contributed by atoms with Gasteiger partial charge in [-0.25, -0.2) is 13.1 Å². The molecular weight excluding hydrogens is 288 g/mol. The molecule has 5 nitrogen and oxygen atoms in total. The van der Waals surface area contributed by atoms with Crippen LogP contribution in [0.4, 0.5) is 0 Å². The Morgan fingerprint density at radius 2 is 2.05 bits per heavy atom. The van der Waals surface area contributed by atoms with Gasteiger partial charge in [0.15, 0.2) is 0 Å². The number of hydrogen-bond donors (Lipinski definition) is 1. The Morgan fingerprint density at radius 3 is 2.58 bits per heavy atom. The molecule has 7 heteroatoms. The Kier molecular flexibility index (Phi) is 6.32. The molecule has 0 amide bonds. The molecule has 1 aliphatic rings. The molecule has 0 radical (unpaired) electrons. The predicted octanol–water partition coefficient (Wildman–Crippen LogP) is 1.78. The molecule has 0 saturated carbocycles. The van der Waals surface area contributed by atoms with Gasteiger partial charge in [0.1, 0.15) is 5.76 Å². The highest BCUT2D eigenvalue weighted by Crippen LogP contribution is 2.24. The van der Waals surface area contributed by atoms with E-state index in [1.807, 2.05) is 12.1 Å². The number of rotatable bonds is 5. The van der Waals surface area contributed by atoms with Gasteiger partial charge in [0.05, 0.1) is 18.6 Å². The smallest absolute Gasteiger partial charge is 0.208 e. The van der Waals surface area contributed by atoms with Crippen molar-refractivity contribution >= 4 is 22.4 Å². The Labute approximate surface area is 120 Å². The molecule has 1 N–H and O–H groups in total. The second kappa shape index (κ2) is 7.28. The molecule has 1 aliphatic heterocycles. The maximum Gasteiger partial charge on any atom is 0.208 e. The molecule has 1 saturated heterocycles. The van der Waals surface area contributed by atoms with E-state index >= 15 is 0 Å². The van der Waals surface area contributed by atoms with Gasteiger partial charge in [-0.05, 0) is 38.1 Å². The maximum atomic E-state index is 11.2. The lowest BCUT2D eigenvalue weighted by Gasteiger charge is -2.33. The van der Waals surface area contributed by atoms with Crippen molar-refractivity contribution in [2.45, 2.75) is 25.3 Å². The van der Waals surface area contributed by atoms with E-state index in [-0.39, 0.29) is 18.4 Å². The first kappa shape index (κ1) is 16.5. The van der Waals surface area contributed by atoms with Gasteiger partial charge in [-0.15, -0.1) is 12.4 Å². The minimum Gasteiger partial charge on any atom is -0.468 e. The molecule has 1 atom stereocenters. The van der Waals surface area contributed by atoms with Gasteiger partial charge in [0.25, 0.3) is 0 Å². The average Bonchev–Trinajstić information content (AvgIpc) is 2.83. The molecule has 19 heavy (non-hydrogen) atoms. The van der Waals surface area contributed by atoms with Gasteiger partial charge >= 0.3 is 0 Å². The molecule has 2 heterocycles. The second-order valence-electron chi connectivity index (χ2n) is 4.75. The SMILES string of the molecule is CS(=O)(=O)NCC(c1ccco1)N1CCCCC1.Cl. The van der Waals surface area contributed by atoms with Gasteiger partial charge in [-0.1, -0.05) is 6.42 Å². The van der Waals surface area contributed by atoms with Crippen LogP contribution in [0.3, 0.4) is 0 Å². The molecule has 0 aliphatic carbocycles. The number of likely N-dealkylation sites (tertiary alicyclic amines) is 1. The number of furan rings is 1. The lowest BCUT2D eigenvalue weighted by Crippen LogP contribution is -2.40. The van der Waals surface area contributed by atoms with E-state index in [4.69, 9.17) is 4.42 Å². The summed E-state index contributed by atoms with van der Waals surface area (Å²) < 4.78 is 30.5. The molecule has 110 valence electrons. The van der Waals surface area contributed by atoms with Crippen LogP contribution in [0.25, 0.3) is 0 Å². The fraction of sp³-hybridized carbons (Fsp3) is 0.667. The molecule has 1 fully saturated rings. The quantitative estimate of drug-likeness (QED) is 0.900. The van der Waals surface area contributed by atoms with Crippen LogP contribution in [-0.2, 0) is 10.0 Å². The van der Waals surface area contributed by atoms with Crippen LogP contribution in [0, 0.1) is 0 Å². The van der Waals surface area contributed by atoms with E-state index in [0.29, 0.717) is 6.54 Å². The average molecular weight is 309 g/mol. The lowest BCUT2D eigenvalue weighted by atomic mass is 10.1. The zero-order valence-electron chi connectivity index (χ0n) is 11.0. The fourth-order valence-corrected chi connectivity index (χ4v) is 2.81. The summed E-state index contributed by atoms with van der Waals surface area (Å²) in [4.78, 5) is 2.29. The van der Waals surface area contributed by atoms with E-state index in [9.17, 15) is 8.42 Å². The Bertz CT molecular complexity index is 455. The maximum absolute atomic E-state index is 11.2. The van der Waals surface area contributed by atoms with Crippen molar-refractivity contribution in [3.8, 4) is 0 Å². The number of hydrogen-bond acceptors (Lipinski definition) is 4. The van der Waals surface area contributed by atoms with E-state index in [1.165, 1.54) is 12.7 Å². The van der Waals surface area contributed by atoms with Gasteiger partial charge in [0.2, 0.25) is 10.0 Å². The summed E-state index contributed by atoms with van der Waals surface area (Å²) in [6.07, 6.45) is 6.39. The van der Waals surface area contributed by atoms with Gasteiger partial charge in [-0.3, -0.25) is 4.90 Å². The highest BCUT2D eigenvalue weighted by Gasteiger charge is 2.25. The van der Waals surface area contributed by atoms with Crippen molar-refractivity contribution in [3.05, 3.63) is 24.2 Å². The highest BCUT2D eigenvalue weighted by atomic mass is 35.5. The van der Waals surface area contributed by atoms with E-state index in [1.54, 1.807) is 6.26 Å². The van der Waals surface area contributed by atoms with E-state index in [2.05, 4.69) is 9.62 Å². The summed E-state index contributed by atoms with van der Waals surface area (Å²) in [5, 5.41) is 0. The van der Waals surface area contributed by atoms with Crippen molar-refractivity contribution in [3.63, 3.8) is 0 Å². The minimum atomic E-state index is -3.17. The predicted molar refractivity (Wildman–Crippen MR) is 77.0 cm³/mol. The van der Waals surface area contributed by atoms with E-state index in [0.717, 1.165) is 31.7 Å². The third kappa shape index (κ3) is 5.14. The van der Waals surface area contributed by atoms with Crippen LogP contribution in [-0.4, -0.2) is 39.2 Å². The third-order valence-electron chi connectivity index (χ3n) is 3.24. The zero-order chi connectivity index (χ0) is 13.0. The molecular formula is C12H21ClN2O3S. The summed E-state index contributed by atoms with van der Waals surface area (Å²) in [5.74, 6) is 0.827. The number of sulfonamides is 1. The first-order valence-corrected chi connectivity index (χ1v) is 8.17. The third-order valence-corrected chi connectivity index (χ3v) is 3.93. The Morgan fingerprint density at radius 1 is 1.37 bits per heavy atom. The van der Waals surface area contributed by atoms with Crippen LogP contribution < -0.4 is 4.72 Å². The normalized spacial score (nSPS) is 18.8. The van der Waals surface area contributed by atoms with Crippen molar-refractivity contribution in [1.29, 1.82) is 0 Å². The highest BCUT2D eigenvalue weighted by molar-refractivity contribution is 7.88. The van der Waals surface area contributed by atoms with Crippen LogP contribution in [0.15, 0.2) is 22.8 Å². The second-order valence-corrected chi connectivity index (χ2v) is 6.58. The van der Waals surface area contributed by atoms with Crippen molar-refractivity contribution in [2.75, 3.05) is 25.9 Å². The van der Waals surface area contributed by atoms with E-state index < -0.39 is 10.0 Å². The number of nitrogens with zero attached hydrogens (tertiary/aromatic N) is 1. The van der Waals surface area contributed by atoms with Crippen LogP contribution in [0.2, 0.25) is 0 Å². The number of nitrogens with one attached hydrogen (secondary N) is 1. The van der Waals surface area contributed by atoms with Crippen LogP contribution in [0.1, 0.15) is 31.1 Å². The van der Waals surface area contributed by atoms with Crippen molar-refractivity contribution in [2.24, 2.45) is 0 Å². The summed E-state index contributed by atoms with van der Waals surface area (Å²) >= 11 is 0. The molecule has 0 aromatic carbocycles. The summed E-state index contributed by atoms with van der Waals surface area (Å²) in [6.45, 7) is 2.36. The topological polar surface area (TPSA) is 62.6 Å².